The monoisotopic (exact) mass is 288 g/mol. The van der Waals surface area contributed by atoms with Crippen molar-refractivity contribution < 1.29 is 10.0 Å². The van der Waals surface area contributed by atoms with Gasteiger partial charge in [0, 0.05) is 23.2 Å². The molecule has 1 aliphatic carbocycles. The molecule has 1 aromatic rings. The van der Waals surface area contributed by atoms with E-state index >= 15 is 0 Å². The Kier molecular flexibility index (Phi) is 4.93. The van der Waals surface area contributed by atoms with Crippen LogP contribution in [0.5, 0.6) is 0 Å². The van der Waals surface area contributed by atoms with Crippen LogP contribution in [-0.2, 0) is 0 Å². The first-order valence-corrected chi connectivity index (χ1v) is 8.32. The fourth-order valence-corrected chi connectivity index (χ4v) is 3.68. The molecule has 1 saturated heterocycles. The minimum atomic E-state index is -1.39. The molecule has 114 valence electrons. The molecular weight excluding hydrogens is 263 g/mol. The average molecular weight is 288 g/mol. The molecule has 0 aromatic carbocycles. The zero-order valence-corrected chi connectivity index (χ0v) is 12.6. The summed E-state index contributed by atoms with van der Waals surface area (Å²) in [6.45, 7) is 2.05. The van der Waals surface area contributed by atoms with Crippen molar-refractivity contribution in [2.75, 3.05) is 13.1 Å². The highest BCUT2D eigenvalue weighted by Crippen LogP contribution is 2.32. The maximum Gasteiger partial charge on any atom is 0.488 e. The summed E-state index contributed by atoms with van der Waals surface area (Å²) >= 11 is 0. The second-order valence-electron chi connectivity index (χ2n) is 6.48. The van der Waals surface area contributed by atoms with E-state index in [-0.39, 0.29) is 0 Å². The van der Waals surface area contributed by atoms with Crippen molar-refractivity contribution in [3.05, 3.63) is 23.5 Å². The number of aromatic nitrogens is 1. The van der Waals surface area contributed by atoms with Gasteiger partial charge in [-0.2, -0.15) is 0 Å². The lowest BCUT2D eigenvalue weighted by Gasteiger charge is -2.26. The number of nitrogens with zero attached hydrogens (tertiary/aromatic N) is 1. The molecule has 3 rings (SSSR count). The third-order valence-corrected chi connectivity index (χ3v) is 4.97. The summed E-state index contributed by atoms with van der Waals surface area (Å²) in [5.74, 6) is 0.949. The SMILES string of the molecule is OB(O)c1cc(C2CCCCC2)nc(C2CCNCC2)c1. The minimum Gasteiger partial charge on any atom is -0.423 e. The quantitative estimate of drug-likeness (QED) is 0.733. The van der Waals surface area contributed by atoms with Gasteiger partial charge in [0.25, 0.3) is 0 Å². The van der Waals surface area contributed by atoms with Gasteiger partial charge in [-0.05, 0) is 56.4 Å². The normalized spacial score (nSPS) is 21.4. The molecule has 0 bridgehead atoms. The molecule has 3 N–H and O–H groups in total. The van der Waals surface area contributed by atoms with E-state index in [9.17, 15) is 10.0 Å². The molecule has 0 spiro atoms. The largest absolute Gasteiger partial charge is 0.488 e. The van der Waals surface area contributed by atoms with Crippen LogP contribution in [0.1, 0.15) is 68.2 Å². The number of hydrogen-bond donors (Lipinski definition) is 3. The summed E-state index contributed by atoms with van der Waals surface area (Å²) in [5, 5.41) is 22.5. The van der Waals surface area contributed by atoms with Gasteiger partial charge in [0.05, 0.1) is 0 Å². The highest BCUT2D eigenvalue weighted by Gasteiger charge is 2.24. The first-order valence-electron chi connectivity index (χ1n) is 8.32. The molecule has 21 heavy (non-hydrogen) atoms. The third kappa shape index (κ3) is 3.65. The van der Waals surface area contributed by atoms with Crippen LogP contribution in [0.3, 0.4) is 0 Å². The summed E-state index contributed by atoms with van der Waals surface area (Å²) in [4.78, 5) is 4.91. The van der Waals surface area contributed by atoms with Gasteiger partial charge < -0.3 is 15.4 Å². The van der Waals surface area contributed by atoms with Gasteiger partial charge in [-0.1, -0.05) is 19.3 Å². The van der Waals surface area contributed by atoms with E-state index in [1.54, 1.807) is 0 Å². The molecule has 2 aliphatic rings. The Labute approximate surface area is 127 Å². The standard InChI is InChI=1S/C16H25BN2O2/c20-17(21)14-10-15(12-4-2-1-3-5-12)19-16(11-14)13-6-8-18-9-7-13/h10-13,18,20-21H,1-9H2. The Morgan fingerprint density at radius 1 is 0.905 bits per heavy atom. The average Bonchev–Trinajstić information content (AvgIpc) is 2.56. The molecule has 1 aliphatic heterocycles. The van der Waals surface area contributed by atoms with Crippen molar-refractivity contribution in [1.82, 2.24) is 10.3 Å². The van der Waals surface area contributed by atoms with Gasteiger partial charge in [-0.25, -0.2) is 0 Å². The Morgan fingerprint density at radius 3 is 2.05 bits per heavy atom. The summed E-state index contributed by atoms with van der Waals surface area (Å²) < 4.78 is 0. The molecule has 0 amide bonds. The highest BCUT2D eigenvalue weighted by atomic mass is 16.4. The molecule has 0 radical (unpaired) electrons. The maximum atomic E-state index is 9.58. The fourth-order valence-electron chi connectivity index (χ4n) is 3.68. The number of pyridine rings is 1. The lowest BCUT2D eigenvalue weighted by Crippen LogP contribution is -2.33. The van der Waals surface area contributed by atoms with Gasteiger partial charge in [0.1, 0.15) is 0 Å². The third-order valence-electron chi connectivity index (χ3n) is 4.97. The van der Waals surface area contributed by atoms with Crippen LogP contribution in [0, 0.1) is 0 Å². The highest BCUT2D eigenvalue weighted by molar-refractivity contribution is 6.58. The first-order chi connectivity index (χ1) is 10.2. The zero-order valence-electron chi connectivity index (χ0n) is 12.6. The van der Waals surface area contributed by atoms with Crippen molar-refractivity contribution in [3.8, 4) is 0 Å². The zero-order chi connectivity index (χ0) is 14.7. The van der Waals surface area contributed by atoms with Gasteiger partial charge in [-0.15, -0.1) is 0 Å². The van der Waals surface area contributed by atoms with Gasteiger partial charge >= 0.3 is 7.12 Å². The fraction of sp³-hybridized carbons (Fsp3) is 0.688. The molecular formula is C16H25BN2O2. The molecule has 1 aromatic heterocycles. The Morgan fingerprint density at radius 2 is 1.48 bits per heavy atom. The number of piperidine rings is 1. The second kappa shape index (κ2) is 6.90. The van der Waals surface area contributed by atoms with Crippen LogP contribution in [0.15, 0.2) is 12.1 Å². The van der Waals surface area contributed by atoms with Crippen LogP contribution < -0.4 is 10.8 Å². The Balaban J connectivity index is 1.89. The van der Waals surface area contributed by atoms with Gasteiger partial charge in [0.2, 0.25) is 0 Å². The van der Waals surface area contributed by atoms with Crippen LogP contribution in [-0.4, -0.2) is 35.2 Å². The van der Waals surface area contributed by atoms with Gasteiger partial charge in [0.15, 0.2) is 0 Å². The Hall–Kier alpha value is -0.905. The summed E-state index contributed by atoms with van der Waals surface area (Å²) in [6, 6.07) is 3.80. The van der Waals surface area contributed by atoms with Crippen LogP contribution in [0.4, 0.5) is 0 Å². The molecule has 0 atom stereocenters. The molecule has 4 nitrogen and oxygen atoms in total. The van der Waals surface area contributed by atoms with Crippen LogP contribution in [0.25, 0.3) is 0 Å². The number of hydrogen-bond acceptors (Lipinski definition) is 4. The predicted molar refractivity (Wildman–Crippen MR) is 84.7 cm³/mol. The molecule has 2 heterocycles. The summed E-state index contributed by atoms with van der Waals surface area (Å²) in [5.41, 5.74) is 2.75. The molecule has 1 saturated carbocycles. The van der Waals surface area contributed by atoms with E-state index in [0.29, 0.717) is 17.3 Å². The lowest BCUT2D eigenvalue weighted by atomic mass is 9.76. The summed E-state index contributed by atoms with van der Waals surface area (Å²) in [7, 11) is -1.39. The number of rotatable bonds is 3. The maximum absolute atomic E-state index is 9.58. The van der Waals surface area contributed by atoms with Crippen LogP contribution >= 0.6 is 0 Å². The second-order valence-corrected chi connectivity index (χ2v) is 6.48. The van der Waals surface area contributed by atoms with Crippen LogP contribution in [0.2, 0.25) is 0 Å². The van der Waals surface area contributed by atoms with E-state index in [4.69, 9.17) is 4.98 Å². The van der Waals surface area contributed by atoms with Crippen molar-refractivity contribution in [2.24, 2.45) is 0 Å². The lowest BCUT2D eigenvalue weighted by molar-refractivity contribution is 0.421. The smallest absolute Gasteiger partial charge is 0.423 e. The summed E-state index contributed by atoms with van der Waals surface area (Å²) in [6.07, 6.45) is 8.39. The van der Waals surface area contributed by atoms with Crippen molar-refractivity contribution in [3.63, 3.8) is 0 Å². The van der Waals surface area contributed by atoms with E-state index in [2.05, 4.69) is 5.32 Å². The van der Waals surface area contributed by atoms with E-state index in [0.717, 1.165) is 37.3 Å². The molecule has 0 unspecified atom stereocenters. The van der Waals surface area contributed by atoms with Crippen molar-refractivity contribution in [1.29, 1.82) is 0 Å². The minimum absolute atomic E-state index is 0.451. The number of nitrogens with one attached hydrogen (secondary N) is 1. The molecule has 5 heteroatoms. The van der Waals surface area contributed by atoms with E-state index < -0.39 is 7.12 Å². The van der Waals surface area contributed by atoms with E-state index in [1.165, 1.54) is 32.1 Å². The predicted octanol–water partition coefficient (Wildman–Crippen LogP) is 1.28. The first kappa shape index (κ1) is 15.0. The van der Waals surface area contributed by atoms with E-state index in [1.807, 2.05) is 12.1 Å². The molecule has 2 fully saturated rings. The topological polar surface area (TPSA) is 65.4 Å². The van der Waals surface area contributed by atoms with Crippen molar-refractivity contribution >= 4 is 12.6 Å². The Bertz CT molecular complexity index is 433. The van der Waals surface area contributed by atoms with Gasteiger partial charge in [-0.3, -0.25) is 4.98 Å². The van der Waals surface area contributed by atoms with Crippen molar-refractivity contribution in [2.45, 2.75) is 56.8 Å².